The van der Waals surface area contributed by atoms with Gasteiger partial charge in [-0.05, 0) is 54.1 Å². The average molecular weight is 411 g/mol. The second-order valence-electron chi connectivity index (χ2n) is 6.80. The fourth-order valence-electron chi connectivity index (χ4n) is 3.10. The van der Waals surface area contributed by atoms with E-state index in [1.54, 1.807) is 36.4 Å². The highest BCUT2D eigenvalue weighted by molar-refractivity contribution is 6.04. The number of rotatable bonds is 5. The molecule has 0 aliphatic carbocycles. The van der Waals surface area contributed by atoms with Gasteiger partial charge in [-0.15, -0.1) is 0 Å². The third-order valence-electron chi connectivity index (χ3n) is 4.70. The largest absolute Gasteiger partial charge is 0.454 e. The van der Waals surface area contributed by atoms with Crippen molar-refractivity contribution < 1.29 is 18.8 Å². The van der Waals surface area contributed by atoms with Crippen LogP contribution in [-0.4, -0.2) is 22.8 Å². The Balaban J connectivity index is 1.25. The van der Waals surface area contributed by atoms with E-state index < -0.39 is 0 Å². The highest BCUT2D eigenvalue weighted by atomic mass is 16.7. The van der Waals surface area contributed by atoms with Gasteiger partial charge >= 0.3 is 0 Å². The summed E-state index contributed by atoms with van der Waals surface area (Å²) in [5.74, 6) is 1.86. The van der Waals surface area contributed by atoms with Crippen molar-refractivity contribution >= 4 is 23.7 Å². The summed E-state index contributed by atoms with van der Waals surface area (Å²) in [5.41, 5.74) is 2.97. The molecule has 0 atom stereocenters. The van der Waals surface area contributed by atoms with Gasteiger partial charge in [0.2, 0.25) is 12.6 Å². The lowest BCUT2D eigenvalue weighted by Crippen LogP contribution is -2.11. The van der Waals surface area contributed by atoms with E-state index in [1.807, 2.05) is 48.5 Å². The van der Waals surface area contributed by atoms with Crippen molar-refractivity contribution in [1.82, 2.24) is 10.1 Å². The maximum Gasteiger partial charge on any atom is 0.255 e. The molecule has 0 radical (unpaired) electrons. The van der Waals surface area contributed by atoms with Crippen molar-refractivity contribution in [2.24, 2.45) is 0 Å². The molecule has 4 aromatic rings. The Kier molecular flexibility index (Phi) is 4.90. The molecule has 0 fully saturated rings. The number of carbonyl (C=O) groups excluding carboxylic acids is 1. The van der Waals surface area contributed by atoms with Gasteiger partial charge in [-0.2, -0.15) is 4.98 Å². The molecule has 0 bridgehead atoms. The summed E-state index contributed by atoms with van der Waals surface area (Å²) in [5, 5.41) is 6.88. The van der Waals surface area contributed by atoms with Crippen molar-refractivity contribution in [3.63, 3.8) is 0 Å². The number of ether oxygens (including phenoxy) is 2. The van der Waals surface area contributed by atoms with Crippen LogP contribution in [0.2, 0.25) is 0 Å². The van der Waals surface area contributed by atoms with Gasteiger partial charge in [0, 0.05) is 22.9 Å². The van der Waals surface area contributed by atoms with Crippen LogP contribution in [0.3, 0.4) is 0 Å². The summed E-state index contributed by atoms with van der Waals surface area (Å²) < 4.78 is 15.9. The van der Waals surface area contributed by atoms with Crippen LogP contribution in [0.5, 0.6) is 11.5 Å². The minimum Gasteiger partial charge on any atom is -0.454 e. The standard InChI is InChI=1S/C24H17N3O4/c28-24(18-9-12-20-21(14-18)30-15-29-20)25-19-10-7-17(8-11-19)23-26-22(31-27-23)13-6-16-4-2-1-3-5-16/h1-14H,15H2,(H,25,28). The molecule has 1 N–H and O–H groups in total. The van der Waals surface area contributed by atoms with E-state index in [2.05, 4.69) is 15.5 Å². The fourth-order valence-corrected chi connectivity index (χ4v) is 3.10. The first kappa shape index (κ1) is 18.6. The topological polar surface area (TPSA) is 86.5 Å². The zero-order valence-electron chi connectivity index (χ0n) is 16.3. The van der Waals surface area contributed by atoms with Gasteiger partial charge in [0.1, 0.15) is 0 Å². The molecule has 1 amide bonds. The van der Waals surface area contributed by atoms with Crippen molar-refractivity contribution in [2.75, 3.05) is 12.1 Å². The van der Waals surface area contributed by atoms with Gasteiger partial charge < -0.3 is 19.3 Å². The van der Waals surface area contributed by atoms with E-state index in [9.17, 15) is 4.79 Å². The molecule has 0 spiro atoms. The van der Waals surface area contributed by atoms with Crippen molar-refractivity contribution in [2.45, 2.75) is 0 Å². The van der Waals surface area contributed by atoms with Crippen LogP contribution in [0.4, 0.5) is 5.69 Å². The molecular formula is C24H17N3O4. The second-order valence-corrected chi connectivity index (χ2v) is 6.80. The van der Waals surface area contributed by atoms with Crippen LogP contribution in [-0.2, 0) is 0 Å². The first-order valence-electron chi connectivity index (χ1n) is 9.63. The number of aromatic nitrogens is 2. The number of nitrogens with zero attached hydrogens (tertiary/aromatic N) is 2. The summed E-state index contributed by atoms with van der Waals surface area (Å²) in [6, 6.07) is 22.2. The minimum absolute atomic E-state index is 0.168. The molecule has 5 rings (SSSR count). The van der Waals surface area contributed by atoms with E-state index in [-0.39, 0.29) is 12.7 Å². The lowest BCUT2D eigenvalue weighted by Gasteiger charge is -2.06. The normalized spacial score (nSPS) is 12.3. The maximum atomic E-state index is 12.5. The Bertz CT molecular complexity index is 1250. The zero-order valence-corrected chi connectivity index (χ0v) is 16.3. The molecule has 1 aromatic heterocycles. The number of anilines is 1. The zero-order chi connectivity index (χ0) is 21.0. The Hall–Kier alpha value is -4.39. The molecule has 3 aromatic carbocycles. The van der Waals surface area contributed by atoms with Crippen LogP contribution in [0.15, 0.2) is 77.3 Å². The SMILES string of the molecule is O=C(Nc1ccc(-c2noc(C=Cc3ccccc3)n2)cc1)c1ccc2c(c1)OCO2. The summed E-state index contributed by atoms with van der Waals surface area (Å²) in [6.07, 6.45) is 3.68. The summed E-state index contributed by atoms with van der Waals surface area (Å²) in [4.78, 5) is 16.9. The van der Waals surface area contributed by atoms with Crippen LogP contribution < -0.4 is 14.8 Å². The predicted molar refractivity (Wildman–Crippen MR) is 116 cm³/mol. The van der Waals surface area contributed by atoms with Gasteiger partial charge in [-0.25, -0.2) is 0 Å². The third kappa shape index (κ3) is 4.16. The molecule has 1 aliphatic rings. The second kappa shape index (κ2) is 8.16. The fraction of sp³-hybridized carbons (Fsp3) is 0.0417. The highest BCUT2D eigenvalue weighted by Crippen LogP contribution is 2.32. The molecule has 31 heavy (non-hydrogen) atoms. The molecule has 2 heterocycles. The quantitative estimate of drug-likeness (QED) is 0.503. The first-order valence-corrected chi connectivity index (χ1v) is 9.63. The van der Waals surface area contributed by atoms with Crippen molar-refractivity contribution in [3.05, 3.63) is 89.8 Å². The molecule has 7 heteroatoms. The van der Waals surface area contributed by atoms with E-state index in [1.165, 1.54) is 0 Å². The van der Waals surface area contributed by atoms with Crippen LogP contribution in [0.25, 0.3) is 23.5 Å². The van der Waals surface area contributed by atoms with Crippen LogP contribution in [0, 0.1) is 0 Å². The molecule has 0 unspecified atom stereocenters. The third-order valence-corrected chi connectivity index (χ3v) is 4.70. The summed E-state index contributed by atoms with van der Waals surface area (Å²) >= 11 is 0. The van der Waals surface area contributed by atoms with Crippen molar-refractivity contribution in [1.29, 1.82) is 0 Å². The Morgan fingerprint density at radius 1 is 0.903 bits per heavy atom. The van der Waals surface area contributed by atoms with E-state index in [4.69, 9.17) is 14.0 Å². The maximum absolute atomic E-state index is 12.5. The molecule has 152 valence electrons. The number of hydrogen-bond acceptors (Lipinski definition) is 6. The van der Waals surface area contributed by atoms with Gasteiger partial charge in [0.05, 0.1) is 0 Å². The predicted octanol–water partition coefficient (Wildman–Crippen LogP) is 4.89. The molecule has 0 saturated heterocycles. The number of amides is 1. The minimum atomic E-state index is -0.237. The Morgan fingerprint density at radius 2 is 1.71 bits per heavy atom. The number of carbonyl (C=O) groups is 1. The lowest BCUT2D eigenvalue weighted by atomic mass is 10.1. The number of benzene rings is 3. The number of hydrogen-bond donors (Lipinski definition) is 1. The first-order chi connectivity index (χ1) is 15.2. The van der Waals surface area contributed by atoms with Gasteiger partial charge in [0.25, 0.3) is 11.8 Å². The van der Waals surface area contributed by atoms with E-state index >= 15 is 0 Å². The smallest absolute Gasteiger partial charge is 0.255 e. The molecule has 0 saturated carbocycles. The van der Waals surface area contributed by atoms with Crippen molar-refractivity contribution in [3.8, 4) is 22.9 Å². The van der Waals surface area contributed by atoms with Gasteiger partial charge in [-0.3, -0.25) is 4.79 Å². The van der Waals surface area contributed by atoms with E-state index in [0.29, 0.717) is 34.5 Å². The molecule has 7 nitrogen and oxygen atoms in total. The summed E-state index contributed by atoms with van der Waals surface area (Å²) in [6.45, 7) is 0.168. The highest BCUT2D eigenvalue weighted by Gasteiger charge is 2.16. The monoisotopic (exact) mass is 411 g/mol. The molecular weight excluding hydrogens is 394 g/mol. The Labute approximate surface area is 177 Å². The lowest BCUT2D eigenvalue weighted by molar-refractivity contribution is 0.102. The van der Waals surface area contributed by atoms with E-state index in [0.717, 1.165) is 11.1 Å². The van der Waals surface area contributed by atoms with Crippen LogP contribution >= 0.6 is 0 Å². The average Bonchev–Trinajstić information content (AvgIpc) is 3.48. The summed E-state index contributed by atoms with van der Waals surface area (Å²) in [7, 11) is 0. The Morgan fingerprint density at radius 3 is 2.55 bits per heavy atom. The van der Waals surface area contributed by atoms with Gasteiger partial charge in [0.15, 0.2) is 11.5 Å². The number of fused-ring (bicyclic) bond motifs is 1. The molecule has 1 aliphatic heterocycles. The van der Waals surface area contributed by atoms with Gasteiger partial charge in [-0.1, -0.05) is 35.5 Å². The number of nitrogens with one attached hydrogen (secondary N) is 1. The van der Waals surface area contributed by atoms with Crippen LogP contribution in [0.1, 0.15) is 21.8 Å².